The van der Waals surface area contributed by atoms with Crippen LogP contribution in [0.15, 0.2) is 24.3 Å². The number of nitrogens with one attached hydrogen (secondary N) is 1. The molecule has 1 unspecified atom stereocenters. The van der Waals surface area contributed by atoms with E-state index in [1.54, 1.807) is 6.07 Å². The third kappa shape index (κ3) is 4.14. The zero-order valence-electron chi connectivity index (χ0n) is 11.3. The van der Waals surface area contributed by atoms with Crippen LogP contribution in [0, 0.1) is 0 Å². The number of nitrogen functional groups attached to an aromatic ring is 1. The molecule has 1 aromatic rings. The molecule has 4 nitrogen and oxygen atoms in total. The normalized spacial score (nSPS) is 20.2. The summed E-state index contributed by atoms with van der Waals surface area (Å²) in [5.41, 5.74) is 7.12. The van der Waals surface area contributed by atoms with Crippen molar-refractivity contribution in [1.82, 2.24) is 4.90 Å². The van der Waals surface area contributed by atoms with Gasteiger partial charge >= 0.3 is 0 Å². The molecule has 1 aliphatic heterocycles. The van der Waals surface area contributed by atoms with E-state index in [1.807, 2.05) is 30.0 Å². The first-order chi connectivity index (χ1) is 9.16. The maximum Gasteiger partial charge on any atom is 0.225 e. The van der Waals surface area contributed by atoms with E-state index in [4.69, 9.17) is 5.73 Å². The van der Waals surface area contributed by atoms with Crippen molar-refractivity contribution in [3.63, 3.8) is 0 Å². The fourth-order valence-electron chi connectivity index (χ4n) is 2.16. The molecule has 0 aromatic heterocycles. The number of para-hydroxylation sites is 2. The molecule has 0 aliphatic carbocycles. The Balaban J connectivity index is 1.80. The lowest BCUT2D eigenvalue weighted by Crippen LogP contribution is -2.41. The predicted molar refractivity (Wildman–Crippen MR) is 82.5 cm³/mol. The average molecular weight is 279 g/mol. The first-order valence-electron chi connectivity index (χ1n) is 6.63. The molecule has 0 saturated carbocycles. The van der Waals surface area contributed by atoms with Crippen molar-refractivity contribution in [2.75, 3.05) is 35.6 Å². The van der Waals surface area contributed by atoms with Gasteiger partial charge in [0.05, 0.1) is 11.4 Å². The Bertz CT molecular complexity index is 438. The van der Waals surface area contributed by atoms with Crippen molar-refractivity contribution in [3.05, 3.63) is 24.3 Å². The Morgan fingerprint density at radius 1 is 1.53 bits per heavy atom. The average Bonchev–Trinajstić information content (AvgIpc) is 2.40. The van der Waals surface area contributed by atoms with Crippen molar-refractivity contribution in [3.8, 4) is 0 Å². The number of amides is 1. The van der Waals surface area contributed by atoms with Gasteiger partial charge in [-0.05, 0) is 19.1 Å². The molecule has 3 N–H and O–H groups in total. The molecule has 2 rings (SSSR count). The van der Waals surface area contributed by atoms with Gasteiger partial charge in [0.25, 0.3) is 0 Å². The molecular formula is C14H21N3OS. The van der Waals surface area contributed by atoms with Crippen molar-refractivity contribution < 1.29 is 4.79 Å². The first kappa shape index (κ1) is 14.2. The number of carbonyl (C=O) groups is 1. The molecule has 1 saturated heterocycles. The second kappa shape index (κ2) is 6.82. The zero-order chi connectivity index (χ0) is 13.7. The number of carbonyl (C=O) groups excluding carboxylic acids is 1. The smallest absolute Gasteiger partial charge is 0.225 e. The Hall–Kier alpha value is -1.20. The summed E-state index contributed by atoms with van der Waals surface area (Å²) < 4.78 is 0. The summed E-state index contributed by atoms with van der Waals surface area (Å²) in [6, 6.07) is 7.91. The van der Waals surface area contributed by atoms with E-state index in [0.29, 0.717) is 23.8 Å². The van der Waals surface area contributed by atoms with Crippen molar-refractivity contribution in [2.24, 2.45) is 0 Å². The molecule has 1 heterocycles. The van der Waals surface area contributed by atoms with Gasteiger partial charge in [0.15, 0.2) is 0 Å². The molecular weight excluding hydrogens is 258 g/mol. The number of hydrogen-bond donors (Lipinski definition) is 2. The van der Waals surface area contributed by atoms with E-state index in [2.05, 4.69) is 17.1 Å². The third-order valence-electron chi connectivity index (χ3n) is 3.37. The quantitative estimate of drug-likeness (QED) is 0.828. The van der Waals surface area contributed by atoms with E-state index in [0.717, 1.165) is 24.6 Å². The summed E-state index contributed by atoms with van der Waals surface area (Å²) in [5.74, 6) is 2.36. The van der Waals surface area contributed by atoms with Crippen molar-refractivity contribution in [2.45, 2.75) is 19.4 Å². The minimum Gasteiger partial charge on any atom is -0.397 e. The van der Waals surface area contributed by atoms with Gasteiger partial charge in [-0.3, -0.25) is 9.69 Å². The van der Waals surface area contributed by atoms with Crippen LogP contribution in [0.1, 0.15) is 13.3 Å². The van der Waals surface area contributed by atoms with Crippen LogP contribution in [0.5, 0.6) is 0 Å². The van der Waals surface area contributed by atoms with Gasteiger partial charge in [-0.15, -0.1) is 0 Å². The first-order valence-corrected chi connectivity index (χ1v) is 7.78. The molecule has 104 valence electrons. The van der Waals surface area contributed by atoms with Crippen LogP contribution >= 0.6 is 11.8 Å². The number of benzene rings is 1. The van der Waals surface area contributed by atoms with E-state index >= 15 is 0 Å². The number of nitrogens with two attached hydrogens (primary N) is 1. The van der Waals surface area contributed by atoms with E-state index in [1.165, 1.54) is 0 Å². The minimum absolute atomic E-state index is 0.0309. The molecule has 1 atom stereocenters. The third-order valence-corrected chi connectivity index (χ3v) is 4.56. The number of nitrogens with zero attached hydrogens (tertiary/aromatic N) is 1. The predicted octanol–water partition coefficient (Wildman–Crippen LogP) is 2.03. The molecule has 0 spiro atoms. The molecule has 0 bridgehead atoms. The standard InChI is InChI=1S/C14H21N3OS/c1-11-10-19-9-8-17(11)7-6-14(18)16-13-5-3-2-4-12(13)15/h2-5,11H,6-10,15H2,1H3,(H,16,18). The lowest BCUT2D eigenvalue weighted by molar-refractivity contribution is -0.116. The Kier molecular flexibility index (Phi) is 5.10. The van der Waals surface area contributed by atoms with Gasteiger partial charge in [-0.25, -0.2) is 0 Å². The van der Waals surface area contributed by atoms with Gasteiger partial charge in [0.1, 0.15) is 0 Å². The lowest BCUT2D eigenvalue weighted by atomic mass is 10.2. The summed E-state index contributed by atoms with van der Waals surface area (Å²) >= 11 is 1.99. The Morgan fingerprint density at radius 3 is 3.05 bits per heavy atom. The van der Waals surface area contributed by atoms with Gasteiger partial charge < -0.3 is 11.1 Å². The number of rotatable bonds is 4. The fourth-order valence-corrected chi connectivity index (χ4v) is 3.24. The number of hydrogen-bond acceptors (Lipinski definition) is 4. The molecule has 1 aromatic carbocycles. The van der Waals surface area contributed by atoms with Crippen LogP contribution in [0.2, 0.25) is 0 Å². The van der Waals surface area contributed by atoms with Crippen LogP contribution < -0.4 is 11.1 Å². The van der Waals surface area contributed by atoms with Gasteiger partial charge in [0, 0.05) is 37.1 Å². The highest BCUT2D eigenvalue weighted by Gasteiger charge is 2.19. The zero-order valence-corrected chi connectivity index (χ0v) is 12.1. The second-order valence-electron chi connectivity index (χ2n) is 4.85. The van der Waals surface area contributed by atoms with E-state index in [-0.39, 0.29) is 5.91 Å². The summed E-state index contributed by atoms with van der Waals surface area (Å²) in [6.45, 7) is 4.12. The summed E-state index contributed by atoms with van der Waals surface area (Å²) in [6.07, 6.45) is 0.517. The monoisotopic (exact) mass is 279 g/mol. The minimum atomic E-state index is 0.0309. The second-order valence-corrected chi connectivity index (χ2v) is 6.00. The molecule has 0 radical (unpaired) electrons. The van der Waals surface area contributed by atoms with Crippen molar-refractivity contribution >= 4 is 29.0 Å². The van der Waals surface area contributed by atoms with Gasteiger partial charge in [-0.2, -0.15) is 11.8 Å². The molecule has 1 amide bonds. The summed E-state index contributed by atoms with van der Waals surface area (Å²) in [5, 5.41) is 2.87. The molecule has 19 heavy (non-hydrogen) atoms. The summed E-state index contributed by atoms with van der Waals surface area (Å²) in [7, 11) is 0. The van der Waals surface area contributed by atoms with E-state index < -0.39 is 0 Å². The maximum atomic E-state index is 11.9. The van der Waals surface area contributed by atoms with Crippen LogP contribution in [-0.4, -0.2) is 41.4 Å². The largest absolute Gasteiger partial charge is 0.397 e. The van der Waals surface area contributed by atoms with E-state index in [9.17, 15) is 4.79 Å². The SMILES string of the molecule is CC1CSCCN1CCC(=O)Nc1ccccc1N. The topological polar surface area (TPSA) is 58.4 Å². The van der Waals surface area contributed by atoms with Crippen LogP contribution in [0.3, 0.4) is 0 Å². The van der Waals surface area contributed by atoms with Crippen LogP contribution in [0.4, 0.5) is 11.4 Å². The highest BCUT2D eigenvalue weighted by Crippen LogP contribution is 2.18. The highest BCUT2D eigenvalue weighted by molar-refractivity contribution is 7.99. The highest BCUT2D eigenvalue weighted by atomic mass is 32.2. The Morgan fingerprint density at radius 2 is 2.32 bits per heavy atom. The lowest BCUT2D eigenvalue weighted by Gasteiger charge is -2.32. The number of anilines is 2. The van der Waals surface area contributed by atoms with Gasteiger partial charge in [0.2, 0.25) is 5.91 Å². The fraction of sp³-hybridized carbons (Fsp3) is 0.500. The van der Waals surface area contributed by atoms with Crippen LogP contribution in [0.25, 0.3) is 0 Å². The number of thioether (sulfide) groups is 1. The van der Waals surface area contributed by atoms with Crippen LogP contribution in [-0.2, 0) is 4.79 Å². The Labute approximate surface area is 118 Å². The maximum absolute atomic E-state index is 11.9. The molecule has 1 aliphatic rings. The summed E-state index contributed by atoms with van der Waals surface area (Å²) in [4.78, 5) is 14.3. The van der Waals surface area contributed by atoms with Crippen molar-refractivity contribution in [1.29, 1.82) is 0 Å². The molecule has 1 fully saturated rings. The van der Waals surface area contributed by atoms with Gasteiger partial charge in [-0.1, -0.05) is 12.1 Å². The molecule has 5 heteroatoms.